The van der Waals surface area contributed by atoms with Gasteiger partial charge in [-0.3, -0.25) is 13.9 Å². The summed E-state index contributed by atoms with van der Waals surface area (Å²) < 4.78 is 43.4. The van der Waals surface area contributed by atoms with Gasteiger partial charge in [-0.2, -0.15) is 0 Å². The number of carbonyl (C=O) groups excluding carboxylic acids is 2. The number of ether oxygens (including phenoxy) is 2. The van der Waals surface area contributed by atoms with E-state index in [1.165, 1.54) is 12.1 Å². The quantitative estimate of drug-likeness (QED) is 0.0773. The van der Waals surface area contributed by atoms with Crippen LogP contribution in [0.5, 0.6) is 0 Å². The first-order valence-corrected chi connectivity index (χ1v) is 17.9. The SMILES string of the molecule is C=C1[C@@H](c2cccc(Br)c2)C(C(=O)OCc2ccccc2)(C(=O)OCc2ccccc2)[C@@H]1N(c1ccccc1)S(=O)(=O)c1ccc(C)cc1. The smallest absolute Gasteiger partial charge is 0.327 e. The Morgan fingerprint density at radius 1 is 0.735 bits per heavy atom. The molecule has 5 aromatic carbocycles. The van der Waals surface area contributed by atoms with Crippen LogP contribution in [0, 0.1) is 12.3 Å². The number of hydrogen-bond donors (Lipinski definition) is 0. The lowest BCUT2D eigenvalue weighted by Crippen LogP contribution is -2.70. The van der Waals surface area contributed by atoms with Crippen LogP contribution in [0.4, 0.5) is 5.69 Å². The molecule has 1 saturated carbocycles. The van der Waals surface area contributed by atoms with Gasteiger partial charge in [-0.05, 0) is 65.6 Å². The number of aryl methyl sites for hydroxylation is 1. The van der Waals surface area contributed by atoms with E-state index in [0.29, 0.717) is 26.7 Å². The van der Waals surface area contributed by atoms with Crippen molar-refractivity contribution in [3.63, 3.8) is 0 Å². The summed E-state index contributed by atoms with van der Waals surface area (Å²) in [6.07, 6.45) is 0. The number of nitrogens with zero attached hydrogens (tertiary/aromatic N) is 1. The van der Waals surface area contributed by atoms with Gasteiger partial charge in [0.2, 0.25) is 5.41 Å². The van der Waals surface area contributed by atoms with Crippen LogP contribution in [0.1, 0.15) is 28.2 Å². The fourth-order valence-electron chi connectivity index (χ4n) is 6.36. The second kappa shape index (κ2) is 14.2. The number of esters is 2. The van der Waals surface area contributed by atoms with E-state index in [4.69, 9.17) is 9.47 Å². The van der Waals surface area contributed by atoms with Crippen molar-refractivity contribution in [2.24, 2.45) is 5.41 Å². The number of anilines is 1. The van der Waals surface area contributed by atoms with Crippen molar-refractivity contribution in [1.29, 1.82) is 0 Å². The maximum absolute atomic E-state index is 14.8. The molecule has 1 fully saturated rings. The Labute approximate surface area is 295 Å². The Morgan fingerprint density at radius 2 is 1.24 bits per heavy atom. The summed E-state index contributed by atoms with van der Waals surface area (Å²) in [6, 6.07) is 38.8. The van der Waals surface area contributed by atoms with Crippen LogP contribution in [-0.2, 0) is 42.3 Å². The second-order valence-corrected chi connectivity index (χ2v) is 14.6. The van der Waals surface area contributed by atoms with Crippen molar-refractivity contribution in [1.82, 2.24) is 0 Å². The summed E-state index contributed by atoms with van der Waals surface area (Å²) in [5.41, 5.74) is 1.24. The predicted octanol–water partition coefficient (Wildman–Crippen LogP) is 8.15. The molecule has 7 nitrogen and oxygen atoms in total. The zero-order chi connectivity index (χ0) is 34.6. The fraction of sp³-hybridized carbons (Fsp3) is 0.150. The van der Waals surface area contributed by atoms with Crippen LogP contribution < -0.4 is 4.31 Å². The van der Waals surface area contributed by atoms with Gasteiger partial charge in [-0.1, -0.05) is 131 Å². The number of carbonyl (C=O) groups is 2. The maximum Gasteiger partial charge on any atom is 0.327 e. The average molecular weight is 737 g/mol. The van der Waals surface area contributed by atoms with Crippen LogP contribution in [-0.4, -0.2) is 26.4 Å². The molecular weight excluding hydrogens is 702 g/mol. The topological polar surface area (TPSA) is 90.0 Å². The molecule has 0 amide bonds. The van der Waals surface area contributed by atoms with Crippen molar-refractivity contribution >= 4 is 43.6 Å². The molecule has 2 atom stereocenters. The number of rotatable bonds is 11. The third-order valence-corrected chi connectivity index (χ3v) is 11.0. The molecule has 1 aliphatic carbocycles. The summed E-state index contributed by atoms with van der Waals surface area (Å²) in [5.74, 6) is -2.82. The van der Waals surface area contributed by atoms with Crippen LogP contribution >= 0.6 is 15.9 Å². The number of halogens is 1. The van der Waals surface area contributed by atoms with Gasteiger partial charge in [0.05, 0.1) is 16.6 Å². The Bertz CT molecular complexity index is 2010. The highest BCUT2D eigenvalue weighted by Gasteiger charge is 2.73. The fourth-order valence-corrected chi connectivity index (χ4v) is 8.46. The number of sulfonamides is 1. The molecule has 0 spiro atoms. The van der Waals surface area contributed by atoms with Crippen molar-refractivity contribution < 1.29 is 27.5 Å². The number of benzene rings is 5. The average Bonchev–Trinajstić information content (AvgIpc) is 3.11. The largest absolute Gasteiger partial charge is 0.460 e. The summed E-state index contributed by atoms with van der Waals surface area (Å²) in [4.78, 5) is 29.7. The van der Waals surface area contributed by atoms with Gasteiger partial charge in [0, 0.05) is 10.4 Å². The molecule has 0 bridgehead atoms. The van der Waals surface area contributed by atoms with Crippen molar-refractivity contribution in [2.45, 2.75) is 37.0 Å². The van der Waals surface area contributed by atoms with Gasteiger partial charge in [-0.15, -0.1) is 0 Å². The molecule has 1 aliphatic rings. The molecule has 0 saturated heterocycles. The van der Waals surface area contributed by atoms with Crippen molar-refractivity contribution in [2.75, 3.05) is 4.31 Å². The zero-order valence-corrected chi connectivity index (χ0v) is 29.1. The standard InChI is InChI=1S/C40H34BrNO6S/c1-28-21-23-35(24-22-28)49(45,46)42(34-19-10-5-11-20-34)37-29(2)36(32-17-12-18-33(41)25-32)40(37,38(43)47-26-30-13-6-3-7-14-30)39(44)48-27-31-15-8-4-9-16-31/h3-25,36-37H,2,26-27H2,1H3/t36-,37+/m0/s1. The predicted molar refractivity (Wildman–Crippen MR) is 192 cm³/mol. The molecule has 248 valence electrons. The van der Waals surface area contributed by atoms with Crippen molar-refractivity contribution in [3.8, 4) is 0 Å². The summed E-state index contributed by atoms with van der Waals surface area (Å²) in [7, 11) is -4.40. The summed E-state index contributed by atoms with van der Waals surface area (Å²) in [6.45, 7) is 5.93. The Hall–Kier alpha value is -4.99. The van der Waals surface area contributed by atoms with Gasteiger partial charge in [0.25, 0.3) is 10.0 Å². The molecule has 0 aliphatic heterocycles. The normalized spacial score (nSPS) is 16.7. The first kappa shape index (κ1) is 33.9. The molecule has 49 heavy (non-hydrogen) atoms. The highest BCUT2D eigenvalue weighted by molar-refractivity contribution is 9.10. The van der Waals surface area contributed by atoms with E-state index in [-0.39, 0.29) is 23.8 Å². The first-order valence-electron chi connectivity index (χ1n) is 15.7. The minimum absolute atomic E-state index is 0.00938. The molecule has 9 heteroatoms. The highest BCUT2D eigenvalue weighted by atomic mass is 79.9. The Balaban J connectivity index is 1.56. The Kier molecular flexibility index (Phi) is 9.85. The minimum atomic E-state index is -4.40. The van der Waals surface area contributed by atoms with Crippen molar-refractivity contribution in [3.05, 3.63) is 178 Å². The molecule has 0 N–H and O–H groups in total. The highest BCUT2D eigenvalue weighted by Crippen LogP contribution is 2.61. The van der Waals surface area contributed by atoms with Gasteiger partial charge >= 0.3 is 11.9 Å². The maximum atomic E-state index is 14.8. The van der Waals surface area contributed by atoms with Gasteiger partial charge in [0.1, 0.15) is 13.2 Å². The van der Waals surface area contributed by atoms with E-state index >= 15 is 0 Å². The minimum Gasteiger partial charge on any atom is -0.460 e. The molecule has 0 aromatic heterocycles. The third-order valence-electron chi connectivity index (χ3n) is 8.71. The molecular formula is C40H34BrNO6S. The lowest BCUT2D eigenvalue weighted by Gasteiger charge is -2.56. The first-order chi connectivity index (χ1) is 23.6. The Morgan fingerprint density at radius 3 is 1.76 bits per heavy atom. The van der Waals surface area contributed by atoms with Crippen LogP contribution in [0.3, 0.4) is 0 Å². The lowest BCUT2D eigenvalue weighted by atomic mass is 9.51. The van der Waals surface area contributed by atoms with E-state index < -0.39 is 39.3 Å². The van der Waals surface area contributed by atoms with Gasteiger partial charge in [0.15, 0.2) is 0 Å². The van der Waals surface area contributed by atoms with Gasteiger partial charge < -0.3 is 9.47 Å². The van der Waals surface area contributed by atoms with E-state index in [2.05, 4.69) is 22.5 Å². The van der Waals surface area contributed by atoms with E-state index in [9.17, 15) is 18.0 Å². The molecule has 6 rings (SSSR count). The number of hydrogen-bond acceptors (Lipinski definition) is 6. The number of para-hydroxylation sites is 1. The third kappa shape index (κ3) is 6.56. The zero-order valence-electron chi connectivity index (χ0n) is 26.7. The molecule has 0 radical (unpaired) electrons. The second-order valence-electron chi connectivity index (χ2n) is 11.9. The van der Waals surface area contributed by atoms with E-state index in [0.717, 1.165) is 9.87 Å². The van der Waals surface area contributed by atoms with Crippen LogP contribution in [0.2, 0.25) is 0 Å². The lowest BCUT2D eigenvalue weighted by molar-refractivity contribution is -0.181. The molecule has 0 unspecified atom stereocenters. The van der Waals surface area contributed by atoms with Gasteiger partial charge in [-0.25, -0.2) is 8.42 Å². The summed E-state index contributed by atoms with van der Waals surface area (Å²) in [5, 5.41) is 0. The molecule has 5 aromatic rings. The van der Waals surface area contributed by atoms with E-state index in [1.807, 2.05) is 49.4 Å². The van der Waals surface area contributed by atoms with Crippen LogP contribution in [0.15, 0.2) is 161 Å². The monoisotopic (exact) mass is 735 g/mol. The van der Waals surface area contributed by atoms with Crippen LogP contribution in [0.25, 0.3) is 0 Å². The van der Waals surface area contributed by atoms with E-state index in [1.54, 1.807) is 84.9 Å². The summed E-state index contributed by atoms with van der Waals surface area (Å²) >= 11 is 3.52. The molecule has 0 heterocycles.